The maximum absolute atomic E-state index is 16.8. The van der Waals surface area contributed by atoms with Gasteiger partial charge < -0.3 is 142 Å². The van der Waals surface area contributed by atoms with Crippen LogP contribution in [0.1, 0.15) is 140 Å². The molecule has 20 N–H and O–H groups in total. The molecule has 8 amide bonds. The molecule has 2 saturated heterocycles. The average Bonchev–Trinajstić information content (AvgIpc) is 0.754. The SMILES string of the molecule is CC(C)CCCCCCCC(=O)N[C@H]1C(Oc2c3cc4cc2Oc2ccc(cc2Cl)[C@@H](O)[C@@H]2NC(=O)[C@H](NC(=O)[C@@H]4NC(=O)[C@H]4NC(=O)[C@@H](Cc5ccc(cc5)O3)NC(=O)[C@@H](N(C)C)c3ccc(O)c(c3)Oc3cc(O)c(Cl)c4c3)c3ccc(O)c(c3)-c3c(O[C@H]4O[C@H](CO)[C@@H](O)[C@H](O)[C@@H]4O)cc(O)cc3[C@@H](C(=O)NCCCN(C)C)NC2=O)O[C@H](C(=O)O)[C@@H](O)[C@@H]1O. The molecule has 17 bridgehead atoms. The number of amides is 8. The Labute approximate surface area is 742 Å². The number of halogens is 2. The zero-order chi connectivity index (χ0) is 92.1. The van der Waals surface area contributed by atoms with Gasteiger partial charge in [-0.3, -0.25) is 43.3 Å². The summed E-state index contributed by atoms with van der Waals surface area (Å²) in [6.07, 6.45) is -16.9. The van der Waals surface area contributed by atoms with E-state index in [0.717, 1.165) is 98.5 Å². The molecule has 7 aromatic rings. The van der Waals surface area contributed by atoms with Crippen LogP contribution in [0.2, 0.25) is 10.0 Å². The summed E-state index contributed by atoms with van der Waals surface area (Å²) < 4.78 is 44.5. The molecule has 0 aromatic heterocycles. The molecule has 38 nitrogen and oxygen atoms in total. The second-order valence-corrected chi connectivity index (χ2v) is 33.8. The van der Waals surface area contributed by atoms with Crippen LogP contribution < -0.4 is 66.2 Å². The van der Waals surface area contributed by atoms with Crippen LogP contribution in [-0.4, -0.2) is 246 Å². The van der Waals surface area contributed by atoms with Crippen molar-refractivity contribution in [1.29, 1.82) is 0 Å². The number of hydrogen-bond donors (Lipinski definition) is 20. The quantitative estimate of drug-likeness (QED) is 0.0450. The summed E-state index contributed by atoms with van der Waals surface area (Å²) in [5, 5.41) is 158. The standard InChI is InChI=1S/C88H100Cl2N10O28/c1-38(2)13-10-8-7-9-11-14-61(106)93-69-73(109)75(111)78(86(120)121)128-87(69)127-77-58-31-43-32-59(77)124-55-24-19-42(29-50(55)89)71(107)68-84(118)97-66(80(114)91-25-12-26-99(3)4)48-33-44(102)34-57(125-88-76(112)74(110)72(108)60(37-101)126-88)62(48)47-28-40(17-22-52(47)103)64(81(115)98-68)94-82(116)65(43)95-83(117)67-49-35-46(36-54(105)63(49)90)123-56-30-41(18-23-53(56)104)70(100(5)6)85(119)92-51(79(113)96-67)27-39-15-20-45(122-58)21-16-39/h15-24,28-36,38,51,60,64-76,78,87-88,101-105,107-112H,7-14,25-27,37H2,1-6H3,(H,91,114)(H,92,119)(H,93,106)(H,94,116)(H,95,117)(H,96,113)(H,97,118)(H,98,115)(H,120,121)/t51-,60-,64-,65-,66+,67+,68+,69-,70+,71-,72-,73-,74+,75+,76+,78+,87?,88+/m1/s1. The first kappa shape index (κ1) is 93.7. The number of aliphatic carboxylic acids is 1. The van der Waals surface area contributed by atoms with Gasteiger partial charge in [-0.1, -0.05) is 99.5 Å². The number of aliphatic hydroxyl groups excluding tert-OH is 7. The summed E-state index contributed by atoms with van der Waals surface area (Å²) in [5.74, 6) is -17.4. The number of carbonyl (C=O) groups excluding carboxylic acids is 8. The van der Waals surface area contributed by atoms with Crippen LogP contribution in [0, 0.1) is 5.92 Å². The Kier molecular flexibility index (Phi) is 29.4. The maximum Gasteiger partial charge on any atom is 0.335 e. The molecule has 0 saturated carbocycles. The van der Waals surface area contributed by atoms with Crippen molar-refractivity contribution in [3.63, 3.8) is 0 Å². The lowest BCUT2D eigenvalue weighted by atomic mass is 9.89. The molecule has 8 heterocycles. The molecule has 128 heavy (non-hydrogen) atoms. The molecular weight excluding hydrogens is 1720 g/mol. The number of carboxylic acid groups (broad SMARTS) is 1. The number of phenols is 4. The lowest BCUT2D eigenvalue weighted by Gasteiger charge is -2.41. The number of likely N-dealkylation sites (N-methyl/N-ethyl adjacent to an activating group) is 1. The highest BCUT2D eigenvalue weighted by molar-refractivity contribution is 6.33. The van der Waals surface area contributed by atoms with E-state index in [-0.39, 0.29) is 47.8 Å². The number of nitrogens with one attached hydrogen (secondary N) is 8. The Balaban J connectivity index is 1.05. The number of carboxylic acids is 1. The fraction of sp³-hybridized carbons (Fsp3) is 0.420. The van der Waals surface area contributed by atoms with Crippen molar-refractivity contribution in [2.24, 2.45) is 5.92 Å². The molecule has 8 aliphatic rings. The largest absolute Gasteiger partial charge is 0.508 e. The number of rotatable bonds is 21. The van der Waals surface area contributed by atoms with E-state index in [4.69, 9.17) is 56.4 Å². The first-order valence-electron chi connectivity index (χ1n) is 41.4. The Morgan fingerprint density at radius 3 is 1.90 bits per heavy atom. The molecule has 0 spiro atoms. The van der Waals surface area contributed by atoms with Crippen molar-refractivity contribution >= 4 is 76.4 Å². The Morgan fingerprint density at radius 2 is 1.20 bits per heavy atom. The summed E-state index contributed by atoms with van der Waals surface area (Å²) in [7, 11) is 6.63. The van der Waals surface area contributed by atoms with Crippen LogP contribution in [0.15, 0.2) is 115 Å². The molecule has 15 rings (SSSR count). The van der Waals surface area contributed by atoms with Gasteiger partial charge in [0, 0.05) is 48.2 Å². The van der Waals surface area contributed by atoms with Gasteiger partial charge in [0.05, 0.1) is 16.7 Å². The zero-order valence-corrected chi connectivity index (χ0v) is 71.5. The van der Waals surface area contributed by atoms with E-state index < -0.39 is 271 Å². The van der Waals surface area contributed by atoms with E-state index in [1.807, 2.05) is 0 Å². The van der Waals surface area contributed by atoms with Crippen molar-refractivity contribution in [2.75, 3.05) is 47.9 Å². The topological polar surface area (TPSA) is 564 Å². The maximum atomic E-state index is 16.8. The van der Waals surface area contributed by atoms with Gasteiger partial charge in [0.15, 0.2) is 29.1 Å². The molecule has 0 aliphatic carbocycles. The molecule has 1 unspecified atom stereocenters. The first-order chi connectivity index (χ1) is 60.9. The van der Waals surface area contributed by atoms with Crippen LogP contribution in [0.25, 0.3) is 11.1 Å². The molecule has 2 fully saturated rings. The number of unbranched alkanes of at least 4 members (excludes halogenated alkanes) is 4. The fourth-order valence-electron chi connectivity index (χ4n) is 16.0. The van der Waals surface area contributed by atoms with Crippen molar-refractivity contribution in [2.45, 2.75) is 181 Å². The number of phenolic OH excluding ortho intramolecular Hbond substituents is 4. The minimum absolute atomic E-state index is 0.0943. The van der Waals surface area contributed by atoms with E-state index in [1.54, 1.807) is 33.1 Å². The zero-order valence-electron chi connectivity index (χ0n) is 70.0. The smallest absolute Gasteiger partial charge is 0.335 e. The van der Waals surface area contributed by atoms with Crippen LogP contribution >= 0.6 is 23.2 Å². The normalized spacial score (nSPS) is 25.9. The van der Waals surface area contributed by atoms with Crippen LogP contribution in [0.3, 0.4) is 0 Å². The van der Waals surface area contributed by atoms with E-state index in [1.165, 1.54) is 47.4 Å². The Bertz CT molecular complexity index is 5360. The molecule has 18 atom stereocenters. The second kappa shape index (κ2) is 40.2. The number of aromatic hydroxyl groups is 4. The van der Waals surface area contributed by atoms with Crippen LogP contribution in [0.5, 0.6) is 69.0 Å². The molecule has 40 heteroatoms. The predicted octanol–water partition coefficient (Wildman–Crippen LogP) is 4.12. The van der Waals surface area contributed by atoms with E-state index in [0.29, 0.717) is 30.9 Å². The van der Waals surface area contributed by atoms with Gasteiger partial charge in [0.1, 0.15) is 131 Å². The van der Waals surface area contributed by atoms with Gasteiger partial charge in [-0.25, -0.2) is 4.79 Å². The fourth-order valence-corrected chi connectivity index (χ4v) is 16.4. The molecule has 0 radical (unpaired) electrons. The van der Waals surface area contributed by atoms with Gasteiger partial charge in [-0.15, -0.1) is 0 Å². The van der Waals surface area contributed by atoms with Gasteiger partial charge in [0.25, 0.3) is 0 Å². The monoisotopic (exact) mass is 1810 g/mol. The average molecular weight is 1820 g/mol. The number of fused-ring (bicyclic) bond motifs is 14. The van der Waals surface area contributed by atoms with Crippen LogP contribution in [-0.2, 0) is 59.0 Å². The molecular formula is C88H100Cl2N10O28. The van der Waals surface area contributed by atoms with Gasteiger partial charge in [0.2, 0.25) is 65.6 Å². The van der Waals surface area contributed by atoms with Gasteiger partial charge >= 0.3 is 5.97 Å². The Hall–Kier alpha value is -11.9. The summed E-state index contributed by atoms with van der Waals surface area (Å²) >= 11 is 14.3. The number of ether oxygens (including phenoxy) is 7. The number of aliphatic hydroxyl groups is 7. The third kappa shape index (κ3) is 20.9. The highest BCUT2D eigenvalue weighted by Gasteiger charge is 2.52. The molecule has 684 valence electrons. The summed E-state index contributed by atoms with van der Waals surface area (Å²) in [6.45, 7) is 3.56. The van der Waals surface area contributed by atoms with Crippen molar-refractivity contribution in [3.05, 3.63) is 164 Å². The predicted molar refractivity (Wildman–Crippen MR) is 452 cm³/mol. The van der Waals surface area contributed by atoms with E-state index >= 15 is 33.6 Å². The second-order valence-electron chi connectivity index (χ2n) is 33.0. The molecule has 8 aliphatic heterocycles. The highest BCUT2D eigenvalue weighted by Crippen LogP contribution is 2.51. The minimum atomic E-state index is -2.45. The number of nitrogens with zero attached hydrogens (tertiary/aromatic N) is 2. The van der Waals surface area contributed by atoms with Crippen molar-refractivity contribution < 1.29 is 138 Å². The van der Waals surface area contributed by atoms with Crippen LogP contribution in [0.4, 0.5) is 0 Å². The van der Waals surface area contributed by atoms with Gasteiger partial charge in [-0.2, -0.15) is 0 Å². The number of benzene rings is 7. The highest BCUT2D eigenvalue weighted by atomic mass is 35.5. The lowest BCUT2D eigenvalue weighted by Crippen LogP contribution is -2.66. The lowest BCUT2D eigenvalue weighted by molar-refractivity contribution is -0.277. The number of carbonyl (C=O) groups is 9. The summed E-state index contributed by atoms with van der Waals surface area (Å²) in [4.78, 5) is 142. The van der Waals surface area contributed by atoms with Crippen molar-refractivity contribution in [1.82, 2.24) is 52.3 Å². The third-order valence-corrected chi connectivity index (χ3v) is 23.4. The first-order valence-corrected chi connectivity index (χ1v) is 42.1. The summed E-state index contributed by atoms with van der Waals surface area (Å²) in [5.41, 5.74) is -2.63. The summed E-state index contributed by atoms with van der Waals surface area (Å²) in [6, 6.07) is 5.86. The third-order valence-electron chi connectivity index (χ3n) is 22.7. The van der Waals surface area contributed by atoms with E-state index in [2.05, 4.69) is 56.4 Å². The minimum Gasteiger partial charge on any atom is -0.508 e. The number of hydrogen-bond acceptors (Lipinski definition) is 29. The van der Waals surface area contributed by atoms with Gasteiger partial charge in [-0.05, 0) is 160 Å². The van der Waals surface area contributed by atoms with Crippen molar-refractivity contribution in [3.8, 4) is 80.1 Å². The van der Waals surface area contributed by atoms with E-state index in [9.17, 15) is 70.9 Å². The molecule has 7 aromatic carbocycles. The Morgan fingerprint density at radius 1 is 0.555 bits per heavy atom.